The average Bonchev–Trinajstić information content (AvgIpc) is 3.09. The predicted molar refractivity (Wildman–Crippen MR) is 111 cm³/mol. The lowest BCUT2D eigenvalue weighted by Crippen LogP contribution is -3.28. The number of benzene rings is 3. The van der Waals surface area contributed by atoms with Crippen molar-refractivity contribution < 1.29 is 14.6 Å². The molecule has 3 aromatic carbocycles. The van der Waals surface area contributed by atoms with E-state index in [1.54, 1.807) is 4.90 Å². The molecule has 0 radical (unpaired) electrons. The molecular weight excluding hydrogens is 344 g/mol. The molecule has 3 aromatic rings. The number of Topliss-reactive ketones (excluding diaryl/α,β-unsaturated/α-hetero) is 1. The summed E-state index contributed by atoms with van der Waals surface area (Å²) in [4.78, 5) is 15.6. The van der Waals surface area contributed by atoms with Crippen LogP contribution in [0.1, 0.15) is 27.5 Å². The van der Waals surface area contributed by atoms with Crippen LogP contribution in [0.3, 0.4) is 0 Å². The summed E-state index contributed by atoms with van der Waals surface area (Å²) < 4.78 is 0. The molecular formula is C25H26N2O+2. The first-order chi connectivity index (χ1) is 13.8. The minimum absolute atomic E-state index is 0.260. The monoisotopic (exact) mass is 370 g/mol. The Balaban J connectivity index is 1.30. The quantitative estimate of drug-likeness (QED) is 0.668. The fourth-order valence-corrected chi connectivity index (χ4v) is 4.94. The van der Waals surface area contributed by atoms with Gasteiger partial charge in [-0.2, -0.15) is 0 Å². The number of rotatable bonds is 4. The molecule has 5 rings (SSSR count). The molecule has 1 fully saturated rings. The second kappa shape index (κ2) is 7.34. The van der Waals surface area contributed by atoms with Crippen LogP contribution >= 0.6 is 0 Å². The molecule has 0 aromatic heterocycles. The van der Waals surface area contributed by atoms with Crippen LogP contribution < -0.4 is 9.80 Å². The van der Waals surface area contributed by atoms with Gasteiger partial charge in [0, 0.05) is 16.7 Å². The smallest absolute Gasteiger partial charge is 0.216 e. The van der Waals surface area contributed by atoms with Crippen molar-refractivity contribution in [3.8, 4) is 11.1 Å². The molecule has 0 atom stereocenters. The summed E-state index contributed by atoms with van der Waals surface area (Å²) >= 11 is 0. The van der Waals surface area contributed by atoms with Crippen LogP contribution in [0.2, 0.25) is 0 Å². The number of hydrogen-bond donors (Lipinski definition) is 2. The molecule has 1 aliphatic carbocycles. The molecule has 1 heterocycles. The number of nitrogens with one attached hydrogen (secondary N) is 2. The Morgan fingerprint density at radius 2 is 1.25 bits per heavy atom. The molecule has 0 saturated carbocycles. The van der Waals surface area contributed by atoms with Gasteiger partial charge in [-0.1, -0.05) is 78.9 Å². The van der Waals surface area contributed by atoms with E-state index in [2.05, 4.69) is 48.5 Å². The van der Waals surface area contributed by atoms with Gasteiger partial charge in [0.25, 0.3) is 0 Å². The molecule has 0 bridgehead atoms. The number of piperazine rings is 1. The summed E-state index contributed by atoms with van der Waals surface area (Å²) in [5, 5.41) is 0. The molecule has 28 heavy (non-hydrogen) atoms. The van der Waals surface area contributed by atoms with Crippen molar-refractivity contribution in [2.24, 2.45) is 0 Å². The maximum absolute atomic E-state index is 12.6. The molecule has 140 valence electrons. The molecule has 0 unspecified atom stereocenters. The van der Waals surface area contributed by atoms with Gasteiger partial charge in [0.2, 0.25) is 5.78 Å². The minimum atomic E-state index is 0.260. The van der Waals surface area contributed by atoms with Crippen LogP contribution in [0.25, 0.3) is 11.1 Å². The van der Waals surface area contributed by atoms with E-state index < -0.39 is 0 Å². The van der Waals surface area contributed by atoms with E-state index in [9.17, 15) is 4.79 Å². The van der Waals surface area contributed by atoms with Crippen molar-refractivity contribution in [1.82, 2.24) is 0 Å². The topological polar surface area (TPSA) is 26.0 Å². The highest BCUT2D eigenvalue weighted by Crippen LogP contribution is 2.41. The average molecular weight is 370 g/mol. The zero-order chi connectivity index (χ0) is 18.9. The summed E-state index contributed by atoms with van der Waals surface area (Å²) in [6, 6.07) is 27.9. The number of quaternary nitrogens is 2. The Labute approximate surface area is 166 Å². The van der Waals surface area contributed by atoms with Crippen molar-refractivity contribution >= 4 is 5.78 Å². The maximum Gasteiger partial charge on any atom is 0.216 e. The lowest BCUT2D eigenvalue weighted by molar-refractivity contribution is -1.02. The normalized spacial score (nSPS) is 21.1. The number of carbonyl (C=O) groups is 1. The van der Waals surface area contributed by atoms with Gasteiger partial charge in [-0.15, -0.1) is 0 Å². The van der Waals surface area contributed by atoms with Crippen LogP contribution in [0.15, 0.2) is 78.9 Å². The number of hydrogen-bond acceptors (Lipinski definition) is 1. The second-order valence-electron chi connectivity index (χ2n) is 7.98. The Hall–Kier alpha value is -2.75. The van der Waals surface area contributed by atoms with E-state index in [4.69, 9.17) is 0 Å². The summed E-state index contributed by atoms with van der Waals surface area (Å²) in [5.41, 5.74) is 6.54. The van der Waals surface area contributed by atoms with E-state index in [-0.39, 0.29) is 5.78 Å². The van der Waals surface area contributed by atoms with Gasteiger partial charge < -0.3 is 9.80 Å². The highest BCUT2D eigenvalue weighted by atomic mass is 16.1. The number of fused-ring (bicyclic) bond motifs is 3. The largest absolute Gasteiger partial charge is 0.319 e. The van der Waals surface area contributed by atoms with Crippen molar-refractivity contribution in [1.29, 1.82) is 0 Å². The molecule has 2 aliphatic rings. The zero-order valence-electron chi connectivity index (χ0n) is 16.0. The van der Waals surface area contributed by atoms with Crippen molar-refractivity contribution in [3.63, 3.8) is 0 Å². The van der Waals surface area contributed by atoms with Crippen LogP contribution in [0.4, 0.5) is 0 Å². The van der Waals surface area contributed by atoms with Gasteiger partial charge in [0.15, 0.2) is 0 Å². The van der Waals surface area contributed by atoms with E-state index in [0.29, 0.717) is 12.6 Å². The van der Waals surface area contributed by atoms with E-state index in [1.807, 2.05) is 30.3 Å². The van der Waals surface area contributed by atoms with Gasteiger partial charge in [0.05, 0.1) is 0 Å². The van der Waals surface area contributed by atoms with E-state index in [0.717, 1.165) is 31.7 Å². The van der Waals surface area contributed by atoms with E-state index in [1.165, 1.54) is 27.2 Å². The van der Waals surface area contributed by atoms with Gasteiger partial charge in [-0.05, 0) is 11.1 Å². The lowest BCUT2D eigenvalue weighted by atomic mass is 10.0. The van der Waals surface area contributed by atoms with Crippen LogP contribution in [-0.4, -0.2) is 38.5 Å². The number of ketones is 1. The first kappa shape index (κ1) is 17.4. The SMILES string of the molecule is O=C(C[NH+]1CC[NH+](C2c3ccccc3-c3ccccc32)CC1)c1ccccc1. The summed E-state index contributed by atoms with van der Waals surface area (Å²) in [6.45, 7) is 4.91. The predicted octanol–water partition coefficient (Wildman–Crippen LogP) is 1.42. The molecule has 0 amide bonds. The zero-order valence-corrected chi connectivity index (χ0v) is 16.0. The van der Waals surface area contributed by atoms with Crippen LogP contribution in [0, 0.1) is 0 Å². The molecule has 1 saturated heterocycles. The molecule has 0 spiro atoms. The van der Waals surface area contributed by atoms with Crippen molar-refractivity contribution in [3.05, 3.63) is 95.6 Å². The molecule has 2 N–H and O–H groups in total. The second-order valence-corrected chi connectivity index (χ2v) is 7.98. The van der Waals surface area contributed by atoms with Crippen molar-refractivity contribution in [2.75, 3.05) is 32.7 Å². The maximum atomic E-state index is 12.6. The van der Waals surface area contributed by atoms with Crippen molar-refractivity contribution in [2.45, 2.75) is 6.04 Å². The molecule has 3 nitrogen and oxygen atoms in total. The summed E-state index contributed by atoms with van der Waals surface area (Å²) in [6.07, 6.45) is 0. The number of carbonyl (C=O) groups excluding carboxylic acids is 1. The van der Waals surface area contributed by atoms with Gasteiger partial charge in [-0.3, -0.25) is 4.79 Å². The lowest BCUT2D eigenvalue weighted by Gasteiger charge is -2.33. The third-order valence-electron chi connectivity index (χ3n) is 6.35. The first-order valence-electron chi connectivity index (χ1n) is 10.3. The Bertz CT molecular complexity index is 945. The molecule has 3 heteroatoms. The van der Waals surface area contributed by atoms with Gasteiger partial charge in [-0.25, -0.2) is 0 Å². The third kappa shape index (κ3) is 3.07. The highest BCUT2D eigenvalue weighted by Gasteiger charge is 2.38. The standard InChI is InChI=1S/C25H24N2O/c28-24(19-8-2-1-3-9-19)18-26-14-16-27(17-15-26)25-22-12-6-4-10-20(22)21-11-5-7-13-23(21)25/h1-13,25H,14-18H2/p+2. The van der Waals surface area contributed by atoms with Crippen LogP contribution in [0.5, 0.6) is 0 Å². The fraction of sp³-hybridized carbons (Fsp3) is 0.240. The first-order valence-corrected chi connectivity index (χ1v) is 10.3. The Kier molecular flexibility index (Phi) is 4.55. The van der Waals surface area contributed by atoms with Crippen LogP contribution in [-0.2, 0) is 0 Å². The van der Waals surface area contributed by atoms with Gasteiger partial charge >= 0.3 is 0 Å². The summed E-state index contributed by atoms with van der Waals surface area (Å²) in [5.74, 6) is 0.260. The third-order valence-corrected chi connectivity index (χ3v) is 6.35. The minimum Gasteiger partial charge on any atom is -0.319 e. The van der Waals surface area contributed by atoms with Gasteiger partial charge in [0.1, 0.15) is 38.8 Å². The summed E-state index contributed by atoms with van der Waals surface area (Å²) in [7, 11) is 0. The van der Waals surface area contributed by atoms with E-state index >= 15 is 0 Å². The fourth-order valence-electron chi connectivity index (χ4n) is 4.94. The highest BCUT2D eigenvalue weighted by molar-refractivity contribution is 5.96. The molecule has 1 aliphatic heterocycles. The Morgan fingerprint density at radius 1 is 0.714 bits per heavy atom. The Morgan fingerprint density at radius 3 is 1.86 bits per heavy atom.